The van der Waals surface area contributed by atoms with Crippen molar-refractivity contribution in [1.29, 1.82) is 0 Å². The number of nitrogens with one attached hydrogen (secondary N) is 3. The van der Waals surface area contributed by atoms with Crippen LogP contribution in [0.5, 0.6) is 0 Å². The lowest BCUT2D eigenvalue weighted by Gasteiger charge is -2.12. The first-order valence-corrected chi connectivity index (χ1v) is 13.0. The first-order valence-electron chi connectivity index (χ1n) is 9.90. The van der Waals surface area contributed by atoms with Gasteiger partial charge in [0, 0.05) is 11.3 Å². The van der Waals surface area contributed by atoms with Gasteiger partial charge in [-0.25, -0.2) is 23.9 Å². The molecule has 2 aromatic heterocycles. The van der Waals surface area contributed by atoms with Crippen LogP contribution in [-0.2, 0) is 24.8 Å². The Morgan fingerprint density at radius 2 is 1.68 bits per heavy atom. The summed E-state index contributed by atoms with van der Waals surface area (Å²) in [5.74, 6) is -1.99. The van der Waals surface area contributed by atoms with E-state index in [2.05, 4.69) is 34.9 Å². The Bertz CT molecular complexity index is 1430. The summed E-state index contributed by atoms with van der Waals surface area (Å²) in [6, 6.07) is 4.86. The number of rotatable bonds is 9. The maximum Gasteiger partial charge on any atom is 0.478 e. The minimum Gasteiger partial charge on any atom is -0.480 e. The van der Waals surface area contributed by atoms with E-state index in [0.717, 1.165) is 0 Å². The van der Waals surface area contributed by atoms with Gasteiger partial charge in [-0.15, -0.1) is 0 Å². The van der Waals surface area contributed by atoms with Crippen LogP contribution in [0.2, 0.25) is 0 Å². The van der Waals surface area contributed by atoms with E-state index in [-0.39, 0.29) is 29.2 Å². The molecule has 1 aromatic carbocycles. The van der Waals surface area contributed by atoms with Gasteiger partial charge in [0.15, 0.2) is 17.2 Å². The molecule has 0 radical (unpaired) electrons. The van der Waals surface area contributed by atoms with Gasteiger partial charge in [-0.05, 0) is 24.3 Å². The molecule has 0 saturated carbocycles. The van der Waals surface area contributed by atoms with Crippen LogP contribution in [0.1, 0.15) is 16.1 Å². The SMILES string of the molecule is Nc1nc2ncc(CNc3ccc(C(=O)N[C@@H](CO)C(=O)O)cc3)nc2c(=O)[nH]1.O=P(O)(O)OP(=O)(O)O. The Morgan fingerprint density at radius 3 is 2.18 bits per heavy atom. The number of aromatic amines is 1. The van der Waals surface area contributed by atoms with Crippen LogP contribution >= 0.6 is 15.6 Å². The summed E-state index contributed by atoms with van der Waals surface area (Å²) in [4.78, 5) is 80.3. The van der Waals surface area contributed by atoms with Crippen molar-refractivity contribution in [2.75, 3.05) is 17.7 Å². The number of aliphatic carboxylic acids is 1. The molecule has 0 aliphatic rings. The molecule has 0 fully saturated rings. The summed E-state index contributed by atoms with van der Waals surface area (Å²) in [6.07, 6.45) is 1.46. The average molecular weight is 577 g/mol. The molecular weight excluding hydrogens is 556 g/mol. The number of aliphatic hydroxyl groups is 1. The number of nitrogens with zero attached hydrogens (tertiary/aromatic N) is 3. The summed E-state index contributed by atoms with van der Waals surface area (Å²) < 4.78 is 22.2. The number of phosphoric acid groups is 2. The van der Waals surface area contributed by atoms with Crippen LogP contribution in [0.3, 0.4) is 0 Å². The molecule has 206 valence electrons. The zero-order chi connectivity index (χ0) is 28.7. The Kier molecular flexibility index (Phi) is 10.1. The van der Waals surface area contributed by atoms with Crippen LogP contribution in [0.4, 0.5) is 11.6 Å². The molecule has 2 heterocycles. The van der Waals surface area contributed by atoms with Crippen LogP contribution in [0, 0.1) is 0 Å². The molecule has 19 nitrogen and oxygen atoms in total. The fourth-order valence-corrected chi connectivity index (χ4v) is 3.66. The minimum absolute atomic E-state index is 0.0412. The fourth-order valence-electron chi connectivity index (χ4n) is 2.55. The molecule has 1 atom stereocenters. The van der Waals surface area contributed by atoms with E-state index < -0.39 is 45.7 Å². The minimum atomic E-state index is -5.05. The molecule has 0 aliphatic heterocycles. The number of aromatic nitrogens is 4. The smallest absolute Gasteiger partial charge is 0.478 e. The van der Waals surface area contributed by atoms with Gasteiger partial charge in [-0.2, -0.15) is 9.29 Å². The van der Waals surface area contributed by atoms with Crippen LogP contribution in [-0.4, -0.2) is 74.2 Å². The first-order chi connectivity index (χ1) is 17.6. The van der Waals surface area contributed by atoms with E-state index in [1.807, 2.05) is 0 Å². The summed E-state index contributed by atoms with van der Waals surface area (Å²) in [6.45, 7) is -0.456. The maximum atomic E-state index is 12.0. The highest BCUT2D eigenvalue weighted by atomic mass is 31.3. The van der Waals surface area contributed by atoms with Crippen molar-refractivity contribution in [3.05, 3.63) is 52.1 Å². The van der Waals surface area contributed by atoms with E-state index in [4.69, 9.17) is 35.5 Å². The molecule has 1 amide bonds. The lowest BCUT2D eigenvalue weighted by Crippen LogP contribution is -2.43. The van der Waals surface area contributed by atoms with Crippen molar-refractivity contribution < 1.29 is 52.8 Å². The number of nitrogens with two attached hydrogens (primary N) is 1. The lowest BCUT2D eigenvalue weighted by atomic mass is 10.1. The lowest BCUT2D eigenvalue weighted by molar-refractivity contribution is -0.140. The monoisotopic (exact) mass is 577 g/mol. The number of fused-ring (bicyclic) bond motifs is 1. The quantitative estimate of drug-likeness (QED) is 0.126. The van der Waals surface area contributed by atoms with Crippen molar-refractivity contribution in [3.63, 3.8) is 0 Å². The van der Waals surface area contributed by atoms with Gasteiger partial charge in [0.25, 0.3) is 11.5 Å². The van der Waals surface area contributed by atoms with E-state index >= 15 is 0 Å². The van der Waals surface area contributed by atoms with Gasteiger partial charge in [-0.3, -0.25) is 14.6 Å². The number of carbonyl (C=O) groups excluding carboxylic acids is 1. The van der Waals surface area contributed by atoms with Crippen LogP contribution < -0.4 is 21.9 Å². The third-order valence-electron chi connectivity index (χ3n) is 4.11. The van der Waals surface area contributed by atoms with E-state index in [9.17, 15) is 23.5 Å². The highest BCUT2D eigenvalue weighted by molar-refractivity contribution is 7.60. The maximum absolute atomic E-state index is 12.0. The normalized spacial score (nSPS) is 12.2. The number of H-pyrrole nitrogens is 1. The highest BCUT2D eigenvalue weighted by Gasteiger charge is 2.28. The number of anilines is 2. The van der Waals surface area contributed by atoms with Gasteiger partial charge < -0.3 is 46.2 Å². The van der Waals surface area contributed by atoms with Crippen molar-refractivity contribution in [3.8, 4) is 0 Å². The Labute approximate surface area is 211 Å². The van der Waals surface area contributed by atoms with Gasteiger partial charge in [0.05, 0.1) is 25.0 Å². The van der Waals surface area contributed by atoms with Gasteiger partial charge in [0.1, 0.15) is 0 Å². The molecule has 11 N–H and O–H groups in total. The Morgan fingerprint density at radius 1 is 1.08 bits per heavy atom. The summed E-state index contributed by atoms with van der Waals surface area (Å²) in [5, 5.41) is 23.1. The zero-order valence-electron chi connectivity index (χ0n) is 18.8. The molecule has 3 aromatic rings. The second kappa shape index (κ2) is 12.6. The molecule has 21 heteroatoms. The van der Waals surface area contributed by atoms with Crippen molar-refractivity contribution in [2.45, 2.75) is 12.6 Å². The van der Waals surface area contributed by atoms with Crippen molar-refractivity contribution in [1.82, 2.24) is 25.3 Å². The van der Waals surface area contributed by atoms with Crippen LogP contribution in [0.15, 0.2) is 35.3 Å². The van der Waals surface area contributed by atoms with Crippen molar-refractivity contribution in [2.24, 2.45) is 0 Å². The van der Waals surface area contributed by atoms with E-state index in [1.54, 1.807) is 12.1 Å². The molecule has 0 bridgehead atoms. The molecule has 38 heavy (non-hydrogen) atoms. The number of carbonyl (C=O) groups is 2. The third kappa shape index (κ3) is 9.92. The predicted octanol–water partition coefficient (Wildman–Crippen LogP) is -1.73. The third-order valence-corrected chi connectivity index (χ3v) is 5.81. The highest BCUT2D eigenvalue weighted by Crippen LogP contribution is 2.53. The Balaban J connectivity index is 0.000000484. The van der Waals surface area contributed by atoms with E-state index in [1.165, 1.54) is 18.3 Å². The van der Waals surface area contributed by atoms with Gasteiger partial charge >= 0.3 is 21.6 Å². The number of amides is 1. The summed E-state index contributed by atoms with van der Waals surface area (Å²) >= 11 is 0. The Hall–Kier alpha value is -3.80. The van der Waals surface area contributed by atoms with E-state index in [0.29, 0.717) is 11.4 Å². The fraction of sp³-hybridized carbons (Fsp3) is 0.176. The number of nitrogen functional groups attached to an aromatic ring is 1. The van der Waals surface area contributed by atoms with Gasteiger partial charge in [0.2, 0.25) is 5.95 Å². The standard InChI is InChI=1S/C17H17N7O5.H4O7P2/c18-17-23-13-12(15(27)24-17)21-10(6-20-13)5-19-9-3-1-8(2-4-9)14(26)22-11(7-25)16(28)29;1-8(2,3)7-9(4,5)6/h1-4,6,11,19,25H,5,7H2,(H,22,26)(H,28,29)(H3,18,20,23,24,27);(H2,1,2,3)(H2,4,5,6)/t11-;/m0./s1. The second-order valence-electron chi connectivity index (χ2n) is 7.03. The molecule has 0 saturated heterocycles. The van der Waals surface area contributed by atoms with Crippen LogP contribution in [0.25, 0.3) is 11.2 Å². The average Bonchev–Trinajstić information content (AvgIpc) is 2.79. The van der Waals surface area contributed by atoms with Gasteiger partial charge in [-0.1, -0.05) is 0 Å². The predicted molar refractivity (Wildman–Crippen MR) is 127 cm³/mol. The number of aliphatic hydroxyl groups excluding tert-OH is 1. The molecular formula is C17H21N7O12P2. The van der Waals surface area contributed by atoms with Crippen molar-refractivity contribution >= 4 is 50.3 Å². The largest absolute Gasteiger partial charge is 0.480 e. The molecule has 0 aliphatic carbocycles. The zero-order valence-corrected chi connectivity index (χ0v) is 20.6. The topological polar surface area (TPSA) is 320 Å². The summed E-state index contributed by atoms with van der Waals surface area (Å²) in [5.41, 5.74) is 6.57. The number of hydrogen-bond donors (Lipinski definition) is 10. The number of benzene rings is 1. The summed E-state index contributed by atoms with van der Waals surface area (Å²) in [7, 11) is -10.1. The number of carboxylic acids is 1. The molecule has 3 rings (SSSR count). The number of carboxylic acid groups (broad SMARTS) is 1. The molecule has 0 unspecified atom stereocenters. The first kappa shape index (κ1) is 30.4. The molecule has 0 spiro atoms. The number of hydrogen-bond acceptors (Lipinski definition) is 12. The second-order valence-corrected chi connectivity index (χ2v) is 9.64.